The molecule has 0 amide bonds. The minimum Gasteiger partial charge on any atom is -0.303 e. The Morgan fingerprint density at radius 3 is 3.20 bits per heavy atom. The van der Waals surface area contributed by atoms with Gasteiger partial charge in [0.25, 0.3) is 0 Å². The SMILES string of the molecule is O=CCC1CC12CCSC2. The number of carbonyl (C=O) groups is 1. The minimum absolute atomic E-state index is 0.644. The van der Waals surface area contributed by atoms with E-state index in [2.05, 4.69) is 11.8 Å². The summed E-state index contributed by atoms with van der Waals surface area (Å²) in [4.78, 5) is 10.2. The molecule has 1 nitrogen and oxygen atoms in total. The fraction of sp³-hybridized carbons (Fsp3) is 0.875. The van der Waals surface area contributed by atoms with Gasteiger partial charge in [0.15, 0.2) is 0 Å². The van der Waals surface area contributed by atoms with Crippen LogP contribution < -0.4 is 0 Å². The summed E-state index contributed by atoms with van der Waals surface area (Å²) in [5, 5.41) is 0. The second-order valence-electron chi connectivity index (χ2n) is 3.47. The Kier molecular flexibility index (Phi) is 1.52. The summed E-state index contributed by atoms with van der Waals surface area (Å²) in [6, 6.07) is 0. The second kappa shape index (κ2) is 2.26. The molecule has 2 rings (SSSR count). The maximum absolute atomic E-state index is 10.2. The van der Waals surface area contributed by atoms with Crippen LogP contribution in [0.5, 0.6) is 0 Å². The molecule has 10 heavy (non-hydrogen) atoms. The Morgan fingerprint density at radius 1 is 1.70 bits per heavy atom. The van der Waals surface area contributed by atoms with Gasteiger partial charge in [-0.3, -0.25) is 0 Å². The molecular weight excluding hydrogens is 144 g/mol. The van der Waals surface area contributed by atoms with Gasteiger partial charge >= 0.3 is 0 Å². The van der Waals surface area contributed by atoms with E-state index in [0.29, 0.717) is 5.41 Å². The Morgan fingerprint density at radius 2 is 2.60 bits per heavy atom. The van der Waals surface area contributed by atoms with Crippen molar-refractivity contribution in [1.82, 2.24) is 0 Å². The van der Waals surface area contributed by atoms with E-state index in [1.165, 1.54) is 24.3 Å². The zero-order chi connectivity index (χ0) is 7.03. The Hall–Kier alpha value is 0.0200. The molecule has 0 aromatic rings. The third-order valence-electron chi connectivity index (χ3n) is 2.87. The quantitative estimate of drug-likeness (QED) is 0.566. The fourth-order valence-electron chi connectivity index (χ4n) is 1.99. The molecule has 0 radical (unpaired) electrons. The standard InChI is InChI=1S/C8H12OS/c9-3-1-7-5-8(7)2-4-10-6-8/h3,7H,1-2,4-6H2. The normalized spacial score (nSPS) is 44.2. The van der Waals surface area contributed by atoms with Gasteiger partial charge in [0, 0.05) is 6.42 Å². The Bertz CT molecular complexity index is 149. The fourth-order valence-corrected chi connectivity index (χ4v) is 3.59. The topological polar surface area (TPSA) is 17.1 Å². The van der Waals surface area contributed by atoms with E-state index < -0.39 is 0 Å². The number of aldehydes is 1. The van der Waals surface area contributed by atoms with E-state index in [-0.39, 0.29) is 0 Å². The van der Waals surface area contributed by atoms with Crippen LogP contribution in [0.3, 0.4) is 0 Å². The average molecular weight is 156 g/mol. The third kappa shape index (κ3) is 0.895. The van der Waals surface area contributed by atoms with Gasteiger partial charge in [0.05, 0.1) is 0 Å². The average Bonchev–Trinajstić information content (AvgIpc) is 2.43. The molecule has 0 bridgehead atoms. The molecule has 1 heterocycles. The molecule has 56 valence electrons. The van der Waals surface area contributed by atoms with Crippen molar-refractivity contribution in [1.29, 1.82) is 0 Å². The highest BCUT2D eigenvalue weighted by molar-refractivity contribution is 7.99. The number of hydrogen-bond acceptors (Lipinski definition) is 2. The summed E-state index contributed by atoms with van der Waals surface area (Å²) in [5.74, 6) is 3.42. The smallest absolute Gasteiger partial charge is 0.120 e. The minimum atomic E-state index is 0.644. The van der Waals surface area contributed by atoms with Crippen LogP contribution in [0, 0.1) is 11.3 Å². The number of thioether (sulfide) groups is 1. The van der Waals surface area contributed by atoms with Crippen LogP contribution in [-0.2, 0) is 4.79 Å². The monoisotopic (exact) mass is 156 g/mol. The lowest BCUT2D eigenvalue weighted by atomic mass is 10.0. The molecule has 0 aromatic heterocycles. The molecule has 2 unspecified atom stereocenters. The maximum atomic E-state index is 10.2. The van der Waals surface area contributed by atoms with E-state index in [4.69, 9.17) is 0 Å². The molecule has 1 aliphatic carbocycles. The lowest BCUT2D eigenvalue weighted by Crippen LogP contribution is -2.01. The van der Waals surface area contributed by atoms with Crippen LogP contribution in [0.25, 0.3) is 0 Å². The molecule has 0 aromatic carbocycles. The van der Waals surface area contributed by atoms with Crippen molar-refractivity contribution < 1.29 is 4.79 Å². The van der Waals surface area contributed by atoms with Crippen LogP contribution in [0.15, 0.2) is 0 Å². The highest BCUT2D eigenvalue weighted by atomic mass is 32.2. The molecule has 1 saturated carbocycles. The van der Waals surface area contributed by atoms with Crippen LogP contribution in [-0.4, -0.2) is 17.8 Å². The Labute approximate surface area is 65.6 Å². The van der Waals surface area contributed by atoms with E-state index in [1.807, 2.05) is 0 Å². The molecule has 2 fully saturated rings. The van der Waals surface area contributed by atoms with Crippen molar-refractivity contribution in [2.45, 2.75) is 19.3 Å². The molecule has 1 aliphatic heterocycles. The largest absolute Gasteiger partial charge is 0.303 e. The first-order valence-electron chi connectivity index (χ1n) is 3.89. The molecule has 2 aliphatic rings. The highest BCUT2D eigenvalue weighted by Crippen LogP contribution is 2.61. The van der Waals surface area contributed by atoms with Crippen molar-refractivity contribution in [2.24, 2.45) is 11.3 Å². The van der Waals surface area contributed by atoms with E-state index in [9.17, 15) is 4.79 Å². The maximum Gasteiger partial charge on any atom is 0.120 e. The molecule has 1 saturated heterocycles. The zero-order valence-corrected chi connectivity index (χ0v) is 6.82. The van der Waals surface area contributed by atoms with Gasteiger partial charge in [-0.2, -0.15) is 11.8 Å². The summed E-state index contributed by atoms with van der Waals surface area (Å²) in [6.45, 7) is 0. The first-order chi connectivity index (χ1) is 4.87. The predicted octanol–water partition coefficient (Wildman–Crippen LogP) is 1.72. The predicted molar refractivity (Wildman–Crippen MR) is 43.2 cm³/mol. The van der Waals surface area contributed by atoms with E-state index >= 15 is 0 Å². The summed E-state index contributed by atoms with van der Waals surface area (Å²) < 4.78 is 0. The van der Waals surface area contributed by atoms with Crippen molar-refractivity contribution in [3.05, 3.63) is 0 Å². The van der Waals surface area contributed by atoms with Crippen LogP contribution in [0.2, 0.25) is 0 Å². The lowest BCUT2D eigenvalue weighted by Gasteiger charge is -2.02. The van der Waals surface area contributed by atoms with Gasteiger partial charge in [-0.25, -0.2) is 0 Å². The van der Waals surface area contributed by atoms with Gasteiger partial charge in [-0.15, -0.1) is 0 Å². The van der Waals surface area contributed by atoms with Gasteiger partial charge in [0.1, 0.15) is 6.29 Å². The first kappa shape index (κ1) is 6.71. The van der Waals surface area contributed by atoms with Gasteiger partial charge in [0.2, 0.25) is 0 Å². The van der Waals surface area contributed by atoms with Crippen molar-refractivity contribution in [3.8, 4) is 0 Å². The van der Waals surface area contributed by atoms with Crippen LogP contribution >= 0.6 is 11.8 Å². The van der Waals surface area contributed by atoms with Gasteiger partial charge in [-0.1, -0.05) is 0 Å². The number of rotatable bonds is 2. The number of carbonyl (C=O) groups excluding carboxylic acids is 1. The van der Waals surface area contributed by atoms with Crippen molar-refractivity contribution >= 4 is 18.0 Å². The van der Waals surface area contributed by atoms with Crippen LogP contribution in [0.4, 0.5) is 0 Å². The van der Waals surface area contributed by atoms with Crippen molar-refractivity contribution in [2.75, 3.05) is 11.5 Å². The molecule has 1 spiro atoms. The summed E-state index contributed by atoms with van der Waals surface area (Å²) >= 11 is 2.06. The number of hydrogen-bond donors (Lipinski definition) is 0. The van der Waals surface area contributed by atoms with E-state index in [0.717, 1.165) is 18.6 Å². The van der Waals surface area contributed by atoms with E-state index in [1.54, 1.807) is 0 Å². The first-order valence-corrected chi connectivity index (χ1v) is 5.04. The molecule has 0 N–H and O–H groups in total. The van der Waals surface area contributed by atoms with Crippen LogP contribution in [0.1, 0.15) is 19.3 Å². The Balaban J connectivity index is 1.91. The van der Waals surface area contributed by atoms with Gasteiger partial charge in [-0.05, 0) is 35.7 Å². The molecule has 2 atom stereocenters. The van der Waals surface area contributed by atoms with Crippen molar-refractivity contribution in [3.63, 3.8) is 0 Å². The molecule has 2 heteroatoms. The summed E-state index contributed by atoms with van der Waals surface area (Å²) in [5.41, 5.74) is 0.644. The summed E-state index contributed by atoms with van der Waals surface area (Å²) in [7, 11) is 0. The molecular formula is C8H12OS. The lowest BCUT2D eigenvalue weighted by molar-refractivity contribution is -0.108. The second-order valence-corrected chi connectivity index (χ2v) is 4.57. The summed E-state index contributed by atoms with van der Waals surface area (Å²) in [6.07, 6.45) is 4.61. The third-order valence-corrected chi connectivity index (χ3v) is 4.15. The zero-order valence-electron chi connectivity index (χ0n) is 6.01. The highest BCUT2D eigenvalue weighted by Gasteiger charge is 2.54. The van der Waals surface area contributed by atoms with Gasteiger partial charge < -0.3 is 4.79 Å².